The fourth-order valence-electron chi connectivity index (χ4n) is 2.86. The van der Waals surface area contributed by atoms with Crippen LogP contribution in [0.4, 0.5) is 5.82 Å². The van der Waals surface area contributed by atoms with E-state index in [-0.39, 0.29) is 0 Å². The standard InChI is InChI=1S/C15H25N3O2S/c1-12(2)13-5-4-9-18(10-7-13)21(19,20)14-6-8-17-15(11-14)16-3/h6,8,11-13H,4-5,7,9-10H2,1-3H3,(H,16,17). The van der Waals surface area contributed by atoms with Crippen LogP contribution in [0.25, 0.3) is 0 Å². The van der Waals surface area contributed by atoms with Gasteiger partial charge in [-0.25, -0.2) is 13.4 Å². The molecule has 118 valence electrons. The number of pyridine rings is 1. The van der Waals surface area contributed by atoms with Crippen LogP contribution >= 0.6 is 0 Å². The van der Waals surface area contributed by atoms with Crippen LogP contribution in [0.15, 0.2) is 23.2 Å². The summed E-state index contributed by atoms with van der Waals surface area (Å²) in [6, 6.07) is 3.17. The van der Waals surface area contributed by atoms with Crippen molar-refractivity contribution in [1.82, 2.24) is 9.29 Å². The SMILES string of the molecule is CNc1cc(S(=O)(=O)N2CCCC(C(C)C)CC2)ccn1. The molecule has 0 saturated carbocycles. The zero-order valence-corrected chi connectivity index (χ0v) is 13.9. The molecule has 1 aliphatic rings. The van der Waals surface area contributed by atoms with Gasteiger partial charge in [-0.05, 0) is 37.2 Å². The first kappa shape index (κ1) is 16.2. The molecule has 1 aliphatic heterocycles. The van der Waals surface area contributed by atoms with Crippen molar-refractivity contribution in [1.29, 1.82) is 0 Å². The van der Waals surface area contributed by atoms with Crippen molar-refractivity contribution < 1.29 is 8.42 Å². The zero-order valence-electron chi connectivity index (χ0n) is 13.0. The zero-order chi connectivity index (χ0) is 15.5. The summed E-state index contributed by atoms with van der Waals surface area (Å²) in [6.07, 6.45) is 4.53. The first-order valence-electron chi connectivity index (χ1n) is 7.59. The van der Waals surface area contributed by atoms with Crippen LogP contribution in [0.3, 0.4) is 0 Å². The Bertz CT molecular complexity index is 572. The first-order valence-corrected chi connectivity index (χ1v) is 9.03. The third-order valence-corrected chi connectivity index (χ3v) is 6.19. The molecular formula is C15H25N3O2S. The molecule has 21 heavy (non-hydrogen) atoms. The molecule has 2 heterocycles. The van der Waals surface area contributed by atoms with Crippen LogP contribution in [0.1, 0.15) is 33.1 Å². The summed E-state index contributed by atoms with van der Waals surface area (Å²) in [5.41, 5.74) is 0. The van der Waals surface area contributed by atoms with Crippen molar-refractivity contribution in [3.63, 3.8) is 0 Å². The van der Waals surface area contributed by atoms with Gasteiger partial charge in [-0.2, -0.15) is 4.31 Å². The molecule has 0 aliphatic carbocycles. The van der Waals surface area contributed by atoms with E-state index < -0.39 is 10.0 Å². The van der Waals surface area contributed by atoms with Gasteiger partial charge in [0.25, 0.3) is 0 Å². The maximum Gasteiger partial charge on any atom is 0.243 e. The van der Waals surface area contributed by atoms with E-state index in [4.69, 9.17) is 0 Å². The third-order valence-electron chi connectivity index (χ3n) is 4.30. The molecule has 1 unspecified atom stereocenters. The summed E-state index contributed by atoms with van der Waals surface area (Å²) in [5.74, 6) is 1.81. The summed E-state index contributed by atoms with van der Waals surface area (Å²) in [4.78, 5) is 4.40. The van der Waals surface area contributed by atoms with E-state index >= 15 is 0 Å². The van der Waals surface area contributed by atoms with Gasteiger partial charge in [0.05, 0.1) is 4.90 Å². The van der Waals surface area contributed by atoms with E-state index in [2.05, 4.69) is 24.1 Å². The van der Waals surface area contributed by atoms with E-state index in [1.54, 1.807) is 23.5 Å². The van der Waals surface area contributed by atoms with Gasteiger partial charge >= 0.3 is 0 Å². The van der Waals surface area contributed by atoms with E-state index in [0.717, 1.165) is 19.3 Å². The minimum atomic E-state index is -3.41. The fourth-order valence-corrected chi connectivity index (χ4v) is 4.37. The Morgan fingerprint density at radius 3 is 2.76 bits per heavy atom. The Labute approximate surface area is 127 Å². The van der Waals surface area contributed by atoms with Crippen LogP contribution in [-0.2, 0) is 10.0 Å². The van der Waals surface area contributed by atoms with Crippen molar-refractivity contribution >= 4 is 15.8 Å². The smallest absolute Gasteiger partial charge is 0.243 e. The molecule has 0 spiro atoms. The first-order chi connectivity index (χ1) is 9.95. The molecule has 0 radical (unpaired) electrons. The number of hydrogen-bond donors (Lipinski definition) is 1. The highest BCUT2D eigenvalue weighted by Gasteiger charge is 2.28. The van der Waals surface area contributed by atoms with Gasteiger partial charge in [0, 0.05) is 32.4 Å². The molecule has 0 aromatic carbocycles. The van der Waals surface area contributed by atoms with Gasteiger partial charge in [0.1, 0.15) is 5.82 Å². The molecule has 1 N–H and O–H groups in total. The van der Waals surface area contributed by atoms with Crippen LogP contribution < -0.4 is 5.32 Å². The summed E-state index contributed by atoms with van der Waals surface area (Å²) >= 11 is 0. The van der Waals surface area contributed by atoms with E-state index in [1.165, 1.54) is 6.20 Å². The predicted molar refractivity (Wildman–Crippen MR) is 84.7 cm³/mol. The van der Waals surface area contributed by atoms with Crippen molar-refractivity contribution in [3.05, 3.63) is 18.3 Å². The topological polar surface area (TPSA) is 62.3 Å². The Morgan fingerprint density at radius 1 is 1.33 bits per heavy atom. The van der Waals surface area contributed by atoms with Crippen molar-refractivity contribution in [2.45, 2.75) is 38.0 Å². The van der Waals surface area contributed by atoms with Crippen molar-refractivity contribution in [3.8, 4) is 0 Å². The fraction of sp³-hybridized carbons (Fsp3) is 0.667. The molecule has 1 aromatic heterocycles. The lowest BCUT2D eigenvalue weighted by atomic mass is 9.89. The Kier molecular flexibility index (Phi) is 5.22. The Balaban J connectivity index is 2.19. The van der Waals surface area contributed by atoms with Gasteiger partial charge in [-0.1, -0.05) is 13.8 Å². The lowest BCUT2D eigenvalue weighted by molar-refractivity contribution is 0.341. The van der Waals surface area contributed by atoms with Gasteiger partial charge in [0.15, 0.2) is 0 Å². The predicted octanol–water partition coefficient (Wildman–Crippen LogP) is 2.57. The number of aromatic nitrogens is 1. The van der Waals surface area contributed by atoms with Crippen LogP contribution in [0.2, 0.25) is 0 Å². The van der Waals surface area contributed by atoms with Crippen molar-refractivity contribution in [2.24, 2.45) is 11.8 Å². The van der Waals surface area contributed by atoms with Gasteiger partial charge < -0.3 is 5.32 Å². The molecule has 1 fully saturated rings. The second kappa shape index (κ2) is 6.75. The molecular weight excluding hydrogens is 286 g/mol. The second-order valence-corrected chi connectivity index (χ2v) is 7.90. The van der Waals surface area contributed by atoms with Crippen LogP contribution in [0.5, 0.6) is 0 Å². The molecule has 1 atom stereocenters. The summed E-state index contributed by atoms with van der Waals surface area (Å²) < 4.78 is 27.1. The van der Waals surface area contributed by atoms with E-state index in [0.29, 0.717) is 35.6 Å². The van der Waals surface area contributed by atoms with E-state index in [9.17, 15) is 8.42 Å². The second-order valence-electron chi connectivity index (χ2n) is 5.97. The highest BCUT2D eigenvalue weighted by atomic mass is 32.2. The maximum atomic E-state index is 12.8. The molecule has 1 aromatic rings. The highest BCUT2D eigenvalue weighted by Crippen LogP contribution is 2.27. The maximum absolute atomic E-state index is 12.8. The number of rotatable bonds is 4. The average molecular weight is 311 g/mol. The lowest BCUT2D eigenvalue weighted by Crippen LogP contribution is -2.32. The van der Waals surface area contributed by atoms with Crippen LogP contribution in [-0.4, -0.2) is 37.8 Å². The molecule has 5 nitrogen and oxygen atoms in total. The molecule has 0 amide bonds. The molecule has 6 heteroatoms. The quantitative estimate of drug-likeness (QED) is 0.928. The summed E-state index contributed by atoms with van der Waals surface area (Å²) in [5, 5.41) is 2.88. The summed E-state index contributed by atoms with van der Waals surface area (Å²) in [6.45, 7) is 5.67. The van der Waals surface area contributed by atoms with Gasteiger partial charge in [-0.15, -0.1) is 0 Å². The molecule has 0 bridgehead atoms. The normalized spacial score (nSPS) is 21.2. The molecule has 1 saturated heterocycles. The number of hydrogen-bond acceptors (Lipinski definition) is 4. The Hall–Kier alpha value is -1.14. The number of anilines is 1. The average Bonchev–Trinajstić information content (AvgIpc) is 2.73. The largest absolute Gasteiger partial charge is 0.373 e. The Morgan fingerprint density at radius 2 is 2.10 bits per heavy atom. The van der Waals surface area contributed by atoms with Gasteiger partial charge in [0.2, 0.25) is 10.0 Å². The number of sulfonamides is 1. The highest BCUT2D eigenvalue weighted by molar-refractivity contribution is 7.89. The van der Waals surface area contributed by atoms with Crippen LogP contribution in [0, 0.1) is 11.8 Å². The number of nitrogens with one attached hydrogen (secondary N) is 1. The molecule has 2 rings (SSSR count). The lowest BCUT2D eigenvalue weighted by Gasteiger charge is -2.21. The third kappa shape index (κ3) is 3.74. The number of nitrogens with zero attached hydrogens (tertiary/aromatic N) is 2. The minimum absolute atomic E-state index is 0.324. The van der Waals surface area contributed by atoms with Gasteiger partial charge in [-0.3, -0.25) is 0 Å². The summed E-state index contributed by atoms with van der Waals surface area (Å²) in [7, 11) is -1.68. The minimum Gasteiger partial charge on any atom is -0.373 e. The monoisotopic (exact) mass is 311 g/mol. The van der Waals surface area contributed by atoms with Crippen molar-refractivity contribution in [2.75, 3.05) is 25.5 Å². The van der Waals surface area contributed by atoms with E-state index in [1.807, 2.05) is 0 Å².